The summed E-state index contributed by atoms with van der Waals surface area (Å²) in [6.45, 7) is 3.57. The van der Waals surface area contributed by atoms with Crippen molar-refractivity contribution < 1.29 is 25.2 Å². The fourth-order valence-electron chi connectivity index (χ4n) is 3.53. The van der Waals surface area contributed by atoms with Crippen molar-refractivity contribution in [3.05, 3.63) is 47.5 Å². The van der Waals surface area contributed by atoms with Crippen LogP contribution in [0.1, 0.15) is 37.1 Å². The Morgan fingerprint density at radius 3 is 1.52 bits per heavy atom. The average molecular weight is 343 g/mol. The van der Waals surface area contributed by atoms with E-state index in [9.17, 15) is 25.2 Å². The molecule has 3 rings (SSSR count). The Hall–Kier alpha value is -2.73. The summed E-state index contributed by atoms with van der Waals surface area (Å²) in [5.41, 5.74) is 1.02. The van der Waals surface area contributed by atoms with E-state index in [1.165, 1.54) is 24.3 Å². The summed E-state index contributed by atoms with van der Waals surface area (Å²) in [4.78, 5) is 12.7. The van der Waals surface area contributed by atoms with E-state index >= 15 is 0 Å². The van der Waals surface area contributed by atoms with E-state index in [0.29, 0.717) is 11.1 Å². The van der Waals surface area contributed by atoms with Crippen LogP contribution in [0.4, 0.5) is 0 Å². The van der Waals surface area contributed by atoms with Crippen LogP contribution in [0.5, 0.6) is 23.0 Å². The minimum atomic E-state index is -0.470. The normalized spacial score (nSPS) is 26.6. The number of phenols is 4. The fraction of sp³-hybridized carbons (Fsp3) is 0.316. The number of hydrogen-bond acceptors (Lipinski definition) is 6. The lowest BCUT2D eigenvalue weighted by Crippen LogP contribution is -2.46. The third-order valence-corrected chi connectivity index (χ3v) is 4.95. The number of piperidine rings is 1. The molecule has 2 aromatic carbocycles. The van der Waals surface area contributed by atoms with Crippen molar-refractivity contribution in [2.45, 2.75) is 25.9 Å². The first-order valence-corrected chi connectivity index (χ1v) is 8.13. The van der Waals surface area contributed by atoms with E-state index in [0.717, 1.165) is 0 Å². The Labute approximate surface area is 145 Å². The van der Waals surface area contributed by atoms with E-state index in [1.54, 1.807) is 26.0 Å². The zero-order valence-electron chi connectivity index (χ0n) is 14.0. The quantitative estimate of drug-likeness (QED) is 0.573. The van der Waals surface area contributed by atoms with Crippen molar-refractivity contribution >= 4 is 5.78 Å². The highest BCUT2D eigenvalue weighted by atomic mass is 16.3. The molecular weight excluding hydrogens is 322 g/mol. The van der Waals surface area contributed by atoms with Gasteiger partial charge in [0.05, 0.1) is 0 Å². The fourth-order valence-corrected chi connectivity index (χ4v) is 3.53. The number of nitrogens with one attached hydrogen (secondary N) is 1. The molecule has 0 saturated carbocycles. The van der Waals surface area contributed by atoms with Gasteiger partial charge in [-0.2, -0.15) is 0 Å². The lowest BCUT2D eigenvalue weighted by molar-refractivity contribution is -0.130. The van der Waals surface area contributed by atoms with Gasteiger partial charge >= 0.3 is 0 Å². The van der Waals surface area contributed by atoms with Crippen molar-refractivity contribution in [3.63, 3.8) is 0 Å². The van der Waals surface area contributed by atoms with Gasteiger partial charge in [-0.25, -0.2) is 0 Å². The van der Waals surface area contributed by atoms with Crippen LogP contribution < -0.4 is 5.32 Å². The summed E-state index contributed by atoms with van der Waals surface area (Å²) in [6, 6.07) is 7.60. The Morgan fingerprint density at radius 1 is 0.760 bits per heavy atom. The van der Waals surface area contributed by atoms with E-state index in [2.05, 4.69) is 5.32 Å². The van der Waals surface area contributed by atoms with Gasteiger partial charge in [-0.3, -0.25) is 4.79 Å². The Morgan fingerprint density at radius 2 is 1.16 bits per heavy atom. The predicted molar refractivity (Wildman–Crippen MR) is 91.5 cm³/mol. The Bertz CT molecular complexity index is 754. The average Bonchev–Trinajstić information content (AvgIpc) is 2.55. The molecule has 1 heterocycles. The lowest BCUT2D eigenvalue weighted by Gasteiger charge is -2.39. The smallest absolute Gasteiger partial charge is 0.142 e. The molecule has 0 spiro atoms. The van der Waals surface area contributed by atoms with Gasteiger partial charge in [-0.15, -0.1) is 0 Å². The van der Waals surface area contributed by atoms with Gasteiger partial charge in [0.2, 0.25) is 0 Å². The molecule has 0 aliphatic carbocycles. The number of rotatable bonds is 2. The highest BCUT2D eigenvalue weighted by Gasteiger charge is 2.41. The molecule has 6 heteroatoms. The van der Waals surface area contributed by atoms with Crippen molar-refractivity contribution in [3.8, 4) is 23.0 Å². The van der Waals surface area contributed by atoms with Gasteiger partial charge in [0, 0.05) is 47.2 Å². The number of benzene rings is 2. The highest BCUT2D eigenvalue weighted by Crippen LogP contribution is 2.43. The molecule has 2 aromatic rings. The molecule has 4 unspecified atom stereocenters. The summed E-state index contributed by atoms with van der Waals surface area (Å²) in [5, 5.41) is 42.6. The number of carbonyl (C=O) groups is 1. The summed E-state index contributed by atoms with van der Waals surface area (Å²) < 4.78 is 0. The van der Waals surface area contributed by atoms with Crippen LogP contribution in [0.15, 0.2) is 36.4 Å². The highest BCUT2D eigenvalue weighted by molar-refractivity contribution is 5.86. The molecule has 1 aliphatic heterocycles. The summed E-state index contributed by atoms with van der Waals surface area (Å²) >= 11 is 0. The summed E-state index contributed by atoms with van der Waals surface area (Å²) in [6.07, 6.45) is 0. The van der Waals surface area contributed by atoms with Crippen LogP contribution in [0.2, 0.25) is 0 Å². The number of hydrogen-bond donors (Lipinski definition) is 5. The second-order valence-electron chi connectivity index (χ2n) is 6.59. The molecule has 0 aromatic heterocycles. The van der Waals surface area contributed by atoms with E-state index in [4.69, 9.17) is 0 Å². The summed E-state index contributed by atoms with van der Waals surface area (Å²) in [5.74, 6) is -1.08. The van der Waals surface area contributed by atoms with Gasteiger partial charge < -0.3 is 25.7 Å². The van der Waals surface area contributed by atoms with Gasteiger partial charge in [0.1, 0.15) is 28.8 Å². The molecule has 132 valence electrons. The Balaban J connectivity index is 2.02. The third kappa shape index (κ3) is 3.00. The number of ketones is 1. The molecule has 25 heavy (non-hydrogen) atoms. The second-order valence-corrected chi connectivity index (χ2v) is 6.59. The van der Waals surface area contributed by atoms with Crippen LogP contribution in [-0.2, 0) is 4.79 Å². The van der Waals surface area contributed by atoms with E-state index < -0.39 is 12.1 Å². The first kappa shape index (κ1) is 17.1. The van der Waals surface area contributed by atoms with Crippen molar-refractivity contribution in [2.24, 2.45) is 11.8 Å². The first-order valence-electron chi connectivity index (χ1n) is 8.13. The first-order chi connectivity index (χ1) is 11.8. The standard InChI is InChI=1S/C19H21NO5/c1-9-17(13-5-3-11(21)7-15(13)23)20-18(10(2)19(9)25)14-6-4-12(22)8-16(14)24/h3-10,17-18,20-24H,1-2H3. The van der Waals surface area contributed by atoms with Gasteiger partial charge in [-0.1, -0.05) is 26.0 Å². The topological polar surface area (TPSA) is 110 Å². The van der Waals surface area contributed by atoms with Crippen LogP contribution in [0.25, 0.3) is 0 Å². The van der Waals surface area contributed by atoms with Gasteiger partial charge in [0.15, 0.2) is 0 Å². The molecular formula is C19H21NO5. The van der Waals surface area contributed by atoms with E-state index in [-0.39, 0.29) is 40.6 Å². The van der Waals surface area contributed by atoms with Crippen LogP contribution in [0, 0.1) is 11.8 Å². The van der Waals surface area contributed by atoms with E-state index in [1.807, 2.05) is 0 Å². The Kier molecular flexibility index (Phi) is 4.30. The molecule has 0 bridgehead atoms. The van der Waals surface area contributed by atoms with Crippen LogP contribution in [-0.4, -0.2) is 26.2 Å². The molecule has 0 amide bonds. The summed E-state index contributed by atoms with van der Waals surface area (Å²) in [7, 11) is 0. The van der Waals surface area contributed by atoms with Crippen LogP contribution >= 0.6 is 0 Å². The maximum Gasteiger partial charge on any atom is 0.142 e. The molecule has 6 nitrogen and oxygen atoms in total. The molecule has 1 saturated heterocycles. The van der Waals surface area contributed by atoms with Crippen LogP contribution in [0.3, 0.4) is 0 Å². The molecule has 0 radical (unpaired) electrons. The molecule has 5 N–H and O–H groups in total. The maximum absolute atomic E-state index is 12.7. The van der Waals surface area contributed by atoms with Crippen molar-refractivity contribution in [1.29, 1.82) is 0 Å². The van der Waals surface area contributed by atoms with Crippen molar-refractivity contribution in [2.75, 3.05) is 0 Å². The lowest BCUT2D eigenvalue weighted by atomic mass is 9.76. The zero-order chi connectivity index (χ0) is 18.3. The molecule has 1 aliphatic rings. The monoisotopic (exact) mass is 343 g/mol. The predicted octanol–water partition coefficient (Wildman–Crippen LogP) is 2.74. The van der Waals surface area contributed by atoms with Gasteiger partial charge in [0.25, 0.3) is 0 Å². The largest absolute Gasteiger partial charge is 0.508 e. The SMILES string of the molecule is CC1C(=O)C(C)C(c2ccc(O)cc2O)NC1c1ccc(O)cc1O. The minimum Gasteiger partial charge on any atom is -0.508 e. The third-order valence-electron chi connectivity index (χ3n) is 4.95. The second kappa shape index (κ2) is 6.29. The van der Waals surface area contributed by atoms with Gasteiger partial charge in [-0.05, 0) is 12.1 Å². The number of aromatic hydroxyl groups is 4. The zero-order valence-corrected chi connectivity index (χ0v) is 14.0. The number of Topliss-reactive ketones (excluding diaryl/α,β-unsaturated/α-hetero) is 1. The molecule has 4 atom stereocenters. The number of carbonyl (C=O) groups excluding carboxylic acids is 1. The minimum absolute atomic E-state index is 0.00806. The maximum atomic E-state index is 12.7. The number of phenolic OH excluding ortho intramolecular Hbond substituents is 4. The molecule has 1 fully saturated rings. The van der Waals surface area contributed by atoms with Crippen molar-refractivity contribution in [1.82, 2.24) is 5.32 Å².